The van der Waals surface area contributed by atoms with E-state index < -0.39 is 43.1 Å². The minimum absolute atomic E-state index is 0.151. The fourth-order valence-corrected chi connectivity index (χ4v) is 1.72. The molecule has 0 aliphatic heterocycles. The first-order chi connectivity index (χ1) is 9.34. The summed E-state index contributed by atoms with van der Waals surface area (Å²) in [5.74, 6) is 0. The predicted octanol–water partition coefficient (Wildman–Crippen LogP) is 0.415. The Morgan fingerprint density at radius 1 is 1.05 bits per heavy atom. The van der Waals surface area contributed by atoms with Gasteiger partial charge in [-0.05, 0) is 6.07 Å². The van der Waals surface area contributed by atoms with Crippen molar-refractivity contribution in [2.24, 2.45) is 0 Å². The Hall–Kier alpha value is -3.30. The summed E-state index contributed by atoms with van der Waals surface area (Å²) >= 11 is 0. The van der Waals surface area contributed by atoms with Gasteiger partial charge >= 0.3 is 11.2 Å². The van der Waals surface area contributed by atoms with Crippen LogP contribution in [0.1, 0.15) is 0 Å². The number of fused-ring (bicyclic) bond motifs is 1. The summed E-state index contributed by atoms with van der Waals surface area (Å²) in [5, 5.41) is 30.5. The second-order valence-corrected chi connectivity index (χ2v) is 3.70. The van der Waals surface area contributed by atoms with Crippen molar-refractivity contribution in [3.8, 4) is 0 Å². The maximum absolute atomic E-state index is 11.9. The van der Waals surface area contributed by atoms with E-state index in [2.05, 4.69) is 0 Å². The highest BCUT2D eigenvalue weighted by Crippen LogP contribution is 2.21. The molecule has 0 fully saturated rings. The highest BCUT2D eigenvalue weighted by atomic mass is 16.6. The number of rotatable bonds is 2. The number of nitro benzene ring substituents is 1. The van der Waals surface area contributed by atoms with Crippen molar-refractivity contribution in [2.75, 3.05) is 0 Å². The molecule has 0 spiro atoms. The SMILES string of the molecule is O=c1cc([N+](=O)[O-])c(=O)n(O)c2cccc([N+](=O)[O-])c12. The minimum atomic E-state index is -1.46. The van der Waals surface area contributed by atoms with Crippen molar-refractivity contribution in [3.63, 3.8) is 0 Å². The van der Waals surface area contributed by atoms with Gasteiger partial charge in [0.15, 0.2) is 0 Å². The van der Waals surface area contributed by atoms with Gasteiger partial charge in [0.25, 0.3) is 5.69 Å². The molecule has 0 unspecified atom stereocenters. The van der Waals surface area contributed by atoms with Gasteiger partial charge in [-0.1, -0.05) is 6.07 Å². The summed E-state index contributed by atoms with van der Waals surface area (Å²) in [6, 6.07) is 3.54. The van der Waals surface area contributed by atoms with E-state index in [0.29, 0.717) is 6.07 Å². The Morgan fingerprint density at radius 3 is 2.20 bits per heavy atom. The van der Waals surface area contributed by atoms with Crippen LogP contribution in [0.5, 0.6) is 0 Å². The van der Waals surface area contributed by atoms with E-state index in [1.165, 1.54) is 0 Å². The van der Waals surface area contributed by atoms with E-state index in [-0.39, 0.29) is 4.73 Å². The highest BCUT2D eigenvalue weighted by molar-refractivity contribution is 5.87. The lowest BCUT2D eigenvalue weighted by molar-refractivity contribution is -0.386. The lowest BCUT2D eigenvalue weighted by Gasteiger charge is -1.97. The summed E-state index contributed by atoms with van der Waals surface area (Å²) in [4.78, 5) is 43.0. The van der Waals surface area contributed by atoms with Gasteiger partial charge in [-0.2, -0.15) is 0 Å². The fraction of sp³-hybridized carbons (Fsp3) is 0. The van der Waals surface area contributed by atoms with Crippen LogP contribution in [0.15, 0.2) is 33.9 Å². The van der Waals surface area contributed by atoms with Gasteiger partial charge < -0.3 is 5.21 Å². The van der Waals surface area contributed by atoms with Crippen LogP contribution in [-0.2, 0) is 0 Å². The lowest BCUT2D eigenvalue weighted by atomic mass is 10.2. The highest BCUT2D eigenvalue weighted by Gasteiger charge is 2.22. The van der Waals surface area contributed by atoms with Crippen LogP contribution in [-0.4, -0.2) is 19.8 Å². The monoisotopic (exact) mass is 279 g/mol. The Kier molecular flexibility index (Phi) is 2.90. The molecule has 1 aromatic carbocycles. The molecule has 0 aliphatic carbocycles. The van der Waals surface area contributed by atoms with E-state index >= 15 is 0 Å². The number of nitro groups is 2. The molecule has 0 aliphatic rings. The van der Waals surface area contributed by atoms with Crippen LogP contribution in [0.3, 0.4) is 0 Å². The van der Waals surface area contributed by atoms with Gasteiger partial charge in [0, 0.05) is 6.07 Å². The summed E-state index contributed by atoms with van der Waals surface area (Å²) in [6.45, 7) is 0. The molecule has 10 heteroatoms. The van der Waals surface area contributed by atoms with Crippen LogP contribution >= 0.6 is 0 Å². The Bertz CT molecular complexity index is 871. The molecular formula is C10H5N3O7. The first-order valence-electron chi connectivity index (χ1n) is 5.05. The molecule has 0 radical (unpaired) electrons. The van der Waals surface area contributed by atoms with Crippen LogP contribution in [0, 0.1) is 20.2 Å². The van der Waals surface area contributed by atoms with Crippen molar-refractivity contribution in [2.45, 2.75) is 0 Å². The maximum atomic E-state index is 11.9. The minimum Gasteiger partial charge on any atom is -0.425 e. The average Bonchev–Trinajstić information content (AvgIpc) is 2.49. The van der Waals surface area contributed by atoms with Crippen molar-refractivity contribution in [3.05, 3.63) is 65.1 Å². The summed E-state index contributed by atoms with van der Waals surface area (Å²) < 4.78 is -0.151. The van der Waals surface area contributed by atoms with E-state index in [4.69, 9.17) is 0 Å². The van der Waals surface area contributed by atoms with E-state index in [1.807, 2.05) is 0 Å². The normalized spacial score (nSPS) is 10.4. The summed E-state index contributed by atoms with van der Waals surface area (Å²) in [7, 11) is 0. The zero-order chi connectivity index (χ0) is 15.0. The fourth-order valence-electron chi connectivity index (χ4n) is 1.72. The molecule has 0 bridgehead atoms. The molecule has 0 saturated carbocycles. The Morgan fingerprint density at radius 2 is 1.65 bits per heavy atom. The molecule has 0 saturated heterocycles. The van der Waals surface area contributed by atoms with Crippen LogP contribution < -0.4 is 11.0 Å². The molecule has 1 aromatic heterocycles. The van der Waals surface area contributed by atoms with Gasteiger partial charge in [0.1, 0.15) is 10.9 Å². The number of nitrogens with zero attached hydrogens (tertiary/aromatic N) is 3. The zero-order valence-electron chi connectivity index (χ0n) is 9.55. The third-order valence-corrected chi connectivity index (χ3v) is 2.57. The Labute approximate surface area is 108 Å². The molecular weight excluding hydrogens is 274 g/mol. The number of aromatic nitrogens is 1. The van der Waals surface area contributed by atoms with Crippen molar-refractivity contribution in [1.29, 1.82) is 0 Å². The van der Waals surface area contributed by atoms with Gasteiger partial charge in [0.05, 0.1) is 15.9 Å². The molecule has 1 N–H and O–H groups in total. The maximum Gasteiger partial charge on any atom is 0.361 e. The van der Waals surface area contributed by atoms with Crippen molar-refractivity contribution in [1.82, 2.24) is 4.73 Å². The molecule has 0 amide bonds. The molecule has 2 rings (SSSR count). The molecule has 0 atom stereocenters. The Balaban J connectivity index is 3.20. The number of hydrogen-bond acceptors (Lipinski definition) is 7. The summed E-state index contributed by atoms with van der Waals surface area (Å²) in [6.07, 6.45) is 0. The van der Waals surface area contributed by atoms with Crippen molar-refractivity contribution >= 4 is 22.3 Å². The molecule has 1 heterocycles. The average molecular weight is 279 g/mol. The standard InChI is InChI=1S/C10H5N3O7/c14-8-4-7(13(19)20)10(15)11(16)5-2-1-3-6(9(5)8)12(17)18/h1-4,16H. The number of non-ortho nitro benzene ring substituents is 1. The predicted molar refractivity (Wildman–Crippen MR) is 65.0 cm³/mol. The van der Waals surface area contributed by atoms with Crippen LogP contribution in [0.25, 0.3) is 10.9 Å². The van der Waals surface area contributed by atoms with Gasteiger partial charge in [0.2, 0.25) is 5.43 Å². The largest absolute Gasteiger partial charge is 0.425 e. The van der Waals surface area contributed by atoms with E-state index in [0.717, 1.165) is 18.2 Å². The molecule has 2 aromatic rings. The van der Waals surface area contributed by atoms with E-state index in [9.17, 15) is 35.0 Å². The summed E-state index contributed by atoms with van der Waals surface area (Å²) in [5.41, 5.74) is -4.89. The van der Waals surface area contributed by atoms with Crippen molar-refractivity contribution < 1.29 is 15.1 Å². The second-order valence-electron chi connectivity index (χ2n) is 3.70. The quantitative estimate of drug-likeness (QED) is 0.476. The third kappa shape index (κ3) is 1.84. The van der Waals surface area contributed by atoms with Crippen LogP contribution in [0.2, 0.25) is 0 Å². The first-order valence-corrected chi connectivity index (χ1v) is 5.05. The van der Waals surface area contributed by atoms with E-state index in [1.54, 1.807) is 0 Å². The number of benzene rings is 1. The molecule has 20 heavy (non-hydrogen) atoms. The van der Waals surface area contributed by atoms with Crippen LogP contribution in [0.4, 0.5) is 11.4 Å². The smallest absolute Gasteiger partial charge is 0.361 e. The second kappa shape index (κ2) is 4.42. The lowest BCUT2D eigenvalue weighted by Crippen LogP contribution is -2.18. The van der Waals surface area contributed by atoms with Gasteiger partial charge in [-0.15, -0.1) is 4.73 Å². The van der Waals surface area contributed by atoms with Gasteiger partial charge in [-0.3, -0.25) is 29.8 Å². The van der Waals surface area contributed by atoms with Gasteiger partial charge in [-0.25, -0.2) is 0 Å². The number of hydrogen-bond donors (Lipinski definition) is 1. The first kappa shape index (κ1) is 13.1. The molecule has 102 valence electrons. The molecule has 10 nitrogen and oxygen atoms in total. The zero-order valence-corrected chi connectivity index (χ0v) is 9.55. The third-order valence-electron chi connectivity index (χ3n) is 2.57. The topological polar surface area (TPSA) is 146 Å².